The number of aryl methyl sites for hydroxylation is 1. The lowest BCUT2D eigenvalue weighted by Crippen LogP contribution is -1.76. The van der Waals surface area contributed by atoms with E-state index in [1.54, 1.807) is 0 Å². The lowest BCUT2D eigenvalue weighted by atomic mass is 10.1. The zero-order chi connectivity index (χ0) is 9.80. The minimum Gasteiger partial charge on any atom is -0.361 e. The Labute approximate surface area is 84.8 Å². The molecule has 1 aromatic heterocycles. The third-order valence-electron chi connectivity index (χ3n) is 2.37. The predicted octanol–water partition coefficient (Wildman–Crippen LogP) is 3.63. The van der Waals surface area contributed by atoms with Crippen LogP contribution in [0.25, 0.3) is 11.3 Å². The Morgan fingerprint density at radius 1 is 1.14 bits per heavy atom. The number of benzene rings is 1. The van der Waals surface area contributed by atoms with Gasteiger partial charge in [-0.25, -0.2) is 0 Å². The van der Waals surface area contributed by atoms with E-state index in [9.17, 15) is 0 Å². The molecule has 0 aliphatic carbocycles. The van der Waals surface area contributed by atoms with Gasteiger partial charge in [-0.3, -0.25) is 0 Å². The first-order chi connectivity index (χ1) is 6.90. The molecular weight excluding hydrogens is 170 g/mol. The highest BCUT2D eigenvalue weighted by Gasteiger charge is 1.99. The van der Waals surface area contributed by atoms with E-state index in [2.05, 4.69) is 48.4 Å². The van der Waals surface area contributed by atoms with Crippen molar-refractivity contribution in [2.24, 2.45) is 0 Å². The summed E-state index contributed by atoms with van der Waals surface area (Å²) < 4.78 is 0. The number of rotatable bonds is 3. The highest BCUT2D eigenvalue weighted by molar-refractivity contribution is 5.60. The van der Waals surface area contributed by atoms with Crippen molar-refractivity contribution >= 4 is 0 Å². The van der Waals surface area contributed by atoms with Crippen LogP contribution >= 0.6 is 0 Å². The van der Waals surface area contributed by atoms with Crippen LogP contribution in [-0.2, 0) is 6.42 Å². The van der Waals surface area contributed by atoms with Gasteiger partial charge in [0.1, 0.15) is 0 Å². The molecule has 0 saturated carbocycles. The summed E-state index contributed by atoms with van der Waals surface area (Å²) in [7, 11) is 0. The van der Waals surface area contributed by atoms with Gasteiger partial charge in [-0.2, -0.15) is 0 Å². The maximum atomic E-state index is 3.31. The monoisotopic (exact) mass is 185 g/mol. The Kier molecular flexibility index (Phi) is 2.68. The number of nitrogens with one attached hydrogen (secondary N) is 1. The fraction of sp³-hybridized carbons (Fsp3) is 0.231. The third-order valence-corrected chi connectivity index (χ3v) is 2.37. The van der Waals surface area contributed by atoms with Gasteiger partial charge in [0, 0.05) is 11.9 Å². The largest absolute Gasteiger partial charge is 0.361 e. The van der Waals surface area contributed by atoms with Crippen molar-refractivity contribution in [1.82, 2.24) is 4.98 Å². The molecule has 1 heteroatoms. The van der Waals surface area contributed by atoms with Crippen LogP contribution in [0.5, 0.6) is 0 Å². The summed E-state index contributed by atoms with van der Waals surface area (Å²) in [6.45, 7) is 2.20. The molecule has 2 rings (SSSR count). The van der Waals surface area contributed by atoms with Gasteiger partial charge in [0.2, 0.25) is 0 Å². The van der Waals surface area contributed by atoms with Crippen molar-refractivity contribution in [2.75, 3.05) is 0 Å². The molecule has 0 saturated heterocycles. The molecule has 1 aromatic carbocycles. The standard InChI is InChI=1S/C13H15N/c1-2-6-11-9-13(14-10-11)12-7-4-3-5-8-12/h3-5,7-10,14H,2,6H2,1H3. The summed E-state index contributed by atoms with van der Waals surface area (Å²) in [5.41, 5.74) is 3.87. The quantitative estimate of drug-likeness (QED) is 0.751. The second-order valence-electron chi connectivity index (χ2n) is 3.54. The van der Waals surface area contributed by atoms with E-state index in [0.717, 1.165) is 6.42 Å². The maximum absolute atomic E-state index is 3.31. The van der Waals surface area contributed by atoms with Crippen LogP contribution < -0.4 is 0 Å². The number of aromatic amines is 1. The molecule has 0 aliphatic rings. The van der Waals surface area contributed by atoms with Crippen LogP contribution in [0.3, 0.4) is 0 Å². The molecular formula is C13H15N. The van der Waals surface area contributed by atoms with Crippen LogP contribution in [0.2, 0.25) is 0 Å². The summed E-state index contributed by atoms with van der Waals surface area (Å²) in [5, 5.41) is 0. The molecule has 1 N–H and O–H groups in total. The van der Waals surface area contributed by atoms with Crippen LogP contribution in [-0.4, -0.2) is 4.98 Å². The van der Waals surface area contributed by atoms with Crippen molar-refractivity contribution in [3.8, 4) is 11.3 Å². The Bertz CT molecular complexity index is 387. The van der Waals surface area contributed by atoms with Crippen molar-refractivity contribution in [2.45, 2.75) is 19.8 Å². The zero-order valence-electron chi connectivity index (χ0n) is 8.46. The molecule has 0 fully saturated rings. The predicted molar refractivity (Wildman–Crippen MR) is 60.2 cm³/mol. The lowest BCUT2D eigenvalue weighted by Gasteiger charge is -1.95. The molecule has 0 bridgehead atoms. The minimum absolute atomic E-state index is 1.16. The van der Waals surface area contributed by atoms with Crippen LogP contribution in [0.15, 0.2) is 42.6 Å². The Morgan fingerprint density at radius 3 is 2.64 bits per heavy atom. The Balaban J connectivity index is 2.25. The second kappa shape index (κ2) is 4.14. The second-order valence-corrected chi connectivity index (χ2v) is 3.54. The molecule has 14 heavy (non-hydrogen) atoms. The number of H-pyrrole nitrogens is 1. The third kappa shape index (κ3) is 1.87. The Morgan fingerprint density at radius 2 is 1.93 bits per heavy atom. The molecule has 2 aromatic rings. The molecule has 0 unspecified atom stereocenters. The van der Waals surface area contributed by atoms with Crippen LogP contribution in [0, 0.1) is 0 Å². The molecule has 1 heterocycles. The van der Waals surface area contributed by atoms with E-state index in [0.29, 0.717) is 0 Å². The van der Waals surface area contributed by atoms with Gasteiger partial charge in [-0.05, 0) is 23.6 Å². The van der Waals surface area contributed by atoms with E-state index < -0.39 is 0 Å². The van der Waals surface area contributed by atoms with E-state index in [1.165, 1.54) is 23.2 Å². The molecule has 1 nitrogen and oxygen atoms in total. The van der Waals surface area contributed by atoms with Crippen LogP contribution in [0.4, 0.5) is 0 Å². The lowest BCUT2D eigenvalue weighted by molar-refractivity contribution is 0.923. The van der Waals surface area contributed by atoms with Crippen molar-refractivity contribution in [3.05, 3.63) is 48.2 Å². The molecule has 0 aliphatic heterocycles. The molecule has 0 atom stereocenters. The number of hydrogen-bond acceptors (Lipinski definition) is 0. The molecule has 0 amide bonds. The Hall–Kier alpha value is -1.50. The van der Waals surface area contributed by atoms with Gasteiger partial charge in [0.05, 0.1) is 0 Å². The first kappa shape index (κ1) is 9.07. The summed E-state index contributed by atoms with van der Waals surface area (Å²) in [6.07, 6.45) is 4.46. The summed E-state index contributed by atoms with van der Waals surface area (Å²) >= 11 is 0. The van der Waals surface area contributed by atoms with E-state index in [1.807, 2.05) is 6.07 Å². The fourth-order valence-electron chi connectivity index (χ4n) is 1.66. The summed E-state index contributed by atoms with van der Waals surface area (Å²) in [5.74, 6) is 0. The molecule has 0 spiro atoms. The maximum Gasteiger partial charge on any atom is 0.0456 e. The van der Waals surface area contributed by atoms with Gasteiger partial charge in [-0.1, -0.05) is 43.7 Å². The highest BCUT2D eigenvalue weighted by atomic mass is 14.7. The van der Waals surface area contributed by atoms with Gasteiger partial charge >= 0.3 is 0 Å². The molecule has 0 radical (unpaired) electrons. The zero-order valence-corrected chi connectivity index (χ0v) is 8.46. The average Bonchev–Trinajstić information content (AvgIpc) is 2.68. The van der Waals surface area contributed by atoms with E-state index >= 15 is 0 Å². The van der Waals surface area contributed by atoms with Crippen molar-refractivity contribution < 1.29 is 0 Å². The average molecular weight is 185 g/mol. The smallest absolute Gasteiger partial charge is 0.0456 e. The SMILES string of the molecule is CCCc1c[nH]c(-c2ccccc2)c1. The normalized spacial score (nSPS) is 10.4. The summed E-state index contributed by atoms with van der Waals surface area (Å²) in [4.78, 5) is 3.31. The minimum atomic E-state index is 1.16. The van der Waals surface area contributed by atoms with Crippen LogP contribution in [0.1, 0.15) is 18.9 Å². The topological polar surface area (TPSA) is 15.8 Å². The molecule has 72 valence electrons. The van der Waals surface area contributed by atoms with Gasteiger partial charge in [0.15, 0.2) is 0 Å². The van der Waals surface area contributed by atoms with Gasteiger partial charge in [-0.15, -0.1) is 0 Å². The summed E-state index contributed by atoms with van der Waals surface area (Å²) in [6, 6.07) is 12.7. The highest BCUT2D eigenvalue weighted by Crippen LogP contribution is 2.18. The van der Waals surface area contributed by atoms with Crippen molar-refractivity contribution in [3.63, 3.8) is 0 Å². The van der Waals surface area contributed by atoms with E-state index in [-0.39, 0.29) is 0 Å². The first-order valence-electron chi connectivity index (χ1n) is 5.13. The number of hydrogen-bond donors (Lipinski definition) is 1. The van der Waals surface area contributed by atoms with Crippen molar-refractivity contribution in [1.29, 1.82) is 0 Å². The first-order valence-corrected chi connectivity index (χ1v) is 5.13. The number of aromatic nitrogens is 1. The van der Waals surface area contributed by atoms with E-state index in [4.69, 9.17) is 0 Å². The fourth-order valence-corrected chi connectivity index (χ4v) is 1.66. The van der Waals surface area contributed by atoms with Gasteiger partial charge < -0.3 is 4.98 Å². The van der Waals surface area contributed by atoms with Gasteiger partial charge in [0.25, 0.3) is 0 Å².